The second kappa shape index (κ2) is 8.34. The van der Waals surface area contributed by atoms with Crippen LogP contribution in [0, 0.1) is 0 Å². The number of urea groups is 1. The average molecular weight is 272 g/mol. The van der Waals surface area contributed by atoms with Crippen LogP contribution in [0.25, 0.3) is 0 Å². The number of hydrogen-bond donors (Lipinski definition) is 1. The van der Waals surface area contributed by atoms with Crippen molar-refractivity contribution in [1.82, 2.24) is 15.1 Å². The normalized spacial score (nSPS) is 12.6. The zero-order chi connectivity index (χ0) is 15.0. The standard InChI is InChI=1S/C12H24N4O3/c1-7-8-9(2)13-11(17)16(5)10(15(3)4)14-12(18)19-6/h9H,7-8H2,1-6H3,(H,13,17)/b14-10-. The van der Waals surface area contributed by atoms with Crippen molar-refractivity contribution in [1.29, 1.82) is 0 Å². The van der Waals surface area contributed by atoms with Gasteiger partial charge in [0, 0.05) is 27.2 Å². The molecule has 0 saturated carbocycles. The minimum Gasteiger partial charge on any atom is -0.451 e. The molecule has 0 saturated heterocycles. The molecule has 0 aliphatic carbocycles. The largest absolute Gasteiger partial charge is 0.451 e. The second-order valence-electron chi connectivity index (χ2n) is 4.47. The highest BCUT2D eigenvalue weighted by atomic mass is 16.5. The van der Waals surface area contributed by atoms with Gasteiger partial charge >= 0.3 is 12.1 Å². The molecule has 110 valence electrons. The van der Waals surface area contributed by atoms with Crippen molar-refractivity contribution in [3.8, 4) is 0 Å². The van der Waals surface area contributed by atoms with Crippen LogP contribution < -0.4 is 5.32 Å². The monoisotopic (exact) mass is 272 g/mol. The molecule has 0 aliphatic heterocycles. The van der Waals surface area contributed by atoms with E-state index >= 15 is 0 Å². The van der Waals surface area contributed by atoms with Gasteiger partial charge in [-0.1, -0.05) is 13.3 Å². The fourth-order valence-corrected chi connectivity index (χ4v) is 1.51. The van der Waals surface area contributed by atoms with Crippen LogP contribution in [-0.4, -0.2) is 62.2 Å². The zero-order valence-corrected chi connectivity index (χ0v) is 12.6. The third-order valence-corrected chi connectivity index (χ3v) is 2.46. The van der Waals surface area contributed by atoms with Gasteiger partial charge in [0.15, 0.2) is 0 Å². The smallest absolute Gasteiger partial charge is 0.436 e. The summed E-state index contributed by atoms with van der Waals surface area (Å²) in [5.41, 5.74) is 0. The molecule has 0 heterocycles. The maximum Gasteiger partial charge on any atom is 0.436 e. The highest BCUT2D eigenvalue weighted by Crippen LogP contribution is 1.99. The van der Waals surface area contributed by atoms with Gasteiger partial charge in [0.1, 0.15) is 0 Å². The number of methoxy groups -OCH3 is 1. The van der Waals surface area contributed by atoms with Gasteiger partial charge in [0.05, 0.1) is 7.11 Å². The quantitative estimate of drug-likeness (QED) is 0.624. The number of carbonyl (C=O) groups excluding carboxylic acids is 2. The number of nitrogens with one attached hydrogen (secondary N) is 1. The molecule has 1 N–H and O–H groups in total. The number of amides is 3. The Hall–Kier alpha value is -1.79. The van der Waals surface area contributed by atoms with Gasteiger partial charge < -0.3 is 15.0 Å². The SMILES string of the molecule is CCCC(C)NC(=O)N(C)/C(=N\C(=O)OC)N(C)C. The summed E-state index contributed by atoms with van der Waals surface area (Å²) in [6.45, 7) is 3.98. The van der Waals surface area contributed by atoms with Crippen molar-refractivity contribution < 1.29 is 14.3 Å². The number of ether oxygens (including phenoxy) is 1. The Morgan fingerprint density at radius 3 is 2.32 bits per heavy atom. The average Bonchev–Trinajstić information content (AvgIpc) is 2.34. The summed E-state index contributed by atoms with van der Waals surface area (Å²) in [5, 5.41) is 2.83. The molecule has 19 heavy (non-hydrogen) atoms. The van der Waals surface area contributed by atoms with E-state index in [1.165, 1.54) is 12.0 Å². The lowest BCUT2D eigenvalue weighted by Gasteiger charge is -2.26. The maximum atomic E-state index is 12.0. The third-order valence-electron chi connectivity index (χ3n) is 2.46. The Kier molecular flexibility index (Phi) is 7.55. The Bertz CT molecular complexity index is 342. The maximum absolute atomic E-state index is 12.0. The summed E-state index contributed by atoms with van der Waals surface area (Å²) in [7, 11) is 6.18. The summed E-state index contributed by atoms with van der Waals surface area (Å²) < 4.78 is 4.47. The van der Waals surface area contributed by atoms with Crippen molar-refractivity contribution in [2.75, 3.05) is 28.3 Å². The fourth-order valence-electron chi connectivity index (χ4n) is 1.51. The summed E-state index contributed by atoms with van der Waals surface area (Å²) in [6, 6.07) is -0.237. The van der Waals surface area contributed by atoms with Crippen molar-refractivity contribution in [3.05, 3.63) is 0 Å². The molecule has 0 aromatic rings. The first-order valence-electron chi connectivity index (χ1n) is 6.21. The molecule has 0 bridgehead atoms. The Labute approximate surface area is 114 Å². The van der Waals surface area contributed by atoms with Gasteiger partial charge in [-0.3, -0.25) is 4.90 Å². The number of guanidine groups is 1. The van der Waals surface area contributed by atoms with Crippen LogP contribution >= 0.6 is 0 Å². The minimum atomic E-state index is -0.745. The number of aliphatic imine (C=N–C) groups is 1. The fraction of sp³-hybridized carbons (Fsp3) is 0.750. The molecule has 0 aromatic carbocycles. The first-order valence-corrected chi connectivity index (χ1v) is 6.21. The van der Waals surface area contributed by atoms with Crippen LogP contribution in [0.4, 0.5) is 9.59 Å². The molecular weight excluding hydrogens is 248 g/mol. The van der Waals surface area contributed by atoms with Crippen LogP contribution in [0.15, 0.2) is 4.99 Å². The lowest BCUT2D eigenvalue weighted by atomic mass is 10.2. The number of hydrogen-bond acceptors (Lipinski definition) is 3. The molecule has 1 atom stereocenters. The van der Waals surface area contributed by atoms with Crippen molar-refractivity contribution in [2.45, 2.75) is 32.7 Å². The molecule has 7 nitrogen and oxygen atoms in total. The molecule has 7 heteroatoms. The topological polar surface area (TPSA) is 74.2 Å². The van der Waals surface area contributed by atoms with Gasteiger partial charge in [-0.15, -0.1) is 4.99 Å². The Morgan fingerprint density at radius 1 is 1.32 bits per heavy atom. The summed E-state index contributed by atoms with van der Waals surface area (Å²) in [4.78, 5) is 29.7. The van der Waals surface area contributed by atoms with E-state index in [0.29, 0.717) is 0 Å². The zero-order valence-electron chi connectivity index (χ0n) is 12.6. The number of carbonyl (C=O) groups is 2. The third kappa shape index (κ3) is 6.08. The van der Waals surface area contributed by atoms with Gasteiger partial charge in [-0.2, -0.15) is 0 Å². The summed E-state index contributed by atoms with van der Waals surface area (Å²) in [5.74, 6) is 0.216. The minimum absolute atomic E-state index is 0.0708. The van der Waals surface area contributed by atoms with E-state index in [2.05, 4.69) is 22.0 Å². The highest BCUT2D eigenvalue weighted by molar-refractivity contribution is 5.99. The molecule has 0 spiro atoms. The Morgan fingerprint density at radius 2 is 1.89 bits per heavy atom. The van der Waals surface area contributed by atoms with E-state index in [4.69, 9.17) is 0 Å². The van der Waals surface area contributed by atoms with E-state index in [-0.39, 0.29) is 18.0 Å². The van der Waals surface area contributed by atoms with E-state index in [1.54, 1.807) is 26.0 Å². The predicted octanol–water partition coefficient (Wildman–Crippen LogP) is 1.50. The number of nitrogens with zero attached hydrogens (tertiary/aromatic N) is 3. The summed E-state index contributed by atoms with van der Waals surface area (Å²) in [6.07, 6.45) is 1.14. The van der Waals surface area contributed by atoms with Crippen LogP contribution in [-0.2, 0) is 4.74 Å². The van der Waals surface area contributed by atoms with Crippen LogP contribution in [0.2, 0.25) is 0 Å². The first-order chi connectivity index (χ1) is 8.83. The van der Waals surface area contributed by atoms with Gasteiger partial charge in [0.2, 0.25) is 5.96 Å². The van der Waals surface area contributed by atoms with Crippen LogP contribution in [0.3, 0.4) is 0 Å². The van der Waals surface area contributed by atoms with Gasteiger partial charge in [0.25, 0.3) is 0 Å². The van der Waals surface area contributed by atoms with E-state index in [1.807, 2.05) is 6.92 Å². The lowest BCUT2D eigenvalue weighted by Crippen LogP contribution is -2.49. The molecule has 0 aromatic heterocycles. The lowest BCUT2D eigenvalue weighted by molar-refractivity contribution is 0.181. The van der Waals surface area contributed by atoms with Crippen molar-refractivity contribution in [3.63, 3.8) is 0 Å². The molecular formula is C12H24N4O3. The van der Waals surface area contributed by atoms with Crippen LogP contribution in [0.1, 0.15) is 26.7 Å². The van der Waals surface area contributed by atoms with Crippen molar-refractivity contribution >= 4 is 18.1 Å². The Balaban J connectivity index is 4.81. The van der Waals surface area contributed by atoms with Crippen LogP contribution in [0.5, 0.6) is 0 Å². The van der Waals surface area contributed by atoms with Gasteiger partial charge in [-0.05, 0) is 13.3 Å². The van der Waals surface area contributed by atoms with E-state index in [0.717, 1.165) is 12.8 Å². The molecule has 3 amide bonds. The second-order valence-corrected chi connectivity index (χ2v) is 4.47. The first kappa shape index (κ1) is 17.2. The van der Waals surface area contributed by atoms with E-state index in [9.17, 15) is 9.59 Å². The number of rotatable bonds is 3. The predicted molar refractivity (Wildman–Crippen MR) is 74.2 cm³/mol. The molecule has 0 rings (SSSR count). The molecule has 0 fully saturated rings. The molecule has 0 aliphatic rings. The van der Waals surface area contributed by atoms with Crippen molar-refractivity contribution in [2.24, 2.45) is 4.99 Å². The molecule has 1 unspecified atom stereocenters. The van der Waals surface area contributed by atoms with E-state index < -0.39 is 6.09 Å². The highest BCUT2D eigenvalue weighted by Gasteiger charge is 2.19. The molecule has 0 radical (unpaired) electrons. The van der Waals surface area contributed by atoms with Gasteiger partial charge in [-0.25, -0.2) is 9.59 Å². The summed E-state index contributed by atoms with van der Waals surface area (Å²) >= 11 is 0.